The van der Waals surface area contributed by atoms with E-state index < -0.39 is 34.7 Å². The second-order valence-corrected chi connectivity index (χ2v) is 6.10. The Balaban J connectivity index is 3.49. The number of aliphatic hydroxyl groups excluding tert-OH is 1. The molecule has 0 radical (unpaired) electrons. The predicted octanol–water partition coefficient (Wildman–Crippen LogP) is -2.07. The van der Waals surface area contributed by atoms with Crippen molar-refractivity contribution in [2.45, 2.75) is 62.7 Å². The number of quaternary nitrogens is 1. The molecule has 6 nitrogen and oxygen atoms in total. The number of rotatable bonds is 2. The summed E-state index contributed by atoms with van der Waals surface area (Å²) < 4.78 is 5.76. The number of nitrogens with two attached hydrogens (primary N) is 1. The number of hydrogen-bond acceptors (Lipinski definition) is 5. The summed E-state index contributed by atoms with van der Waals surface area (Å²) in [4.78, 5) is 0. The predicted molar refractivity (Wildman–Crippen MR) is 64.7 cm³/mol. The van der Waals surface area contributed by atoms with Crippen LogP contribution in [0, 0.1) is 0 Å². The Morgan fingerprint density at radius 3 is 1.67 bits per heavy atom. The van der Waals surface area contributed by atoms with Gasteiger partial charge in [-0.3, -0.25) is 0 Å². The Hall–Kier alpha value is -0.240. The number of likely N-dealkylation sites (N-methyl/N-ethyl adjacent to an activating group) is 1. The minimum atomic E-state index is -1.86. The molecule has 0 bridgehead atoms. The van der Waals surface area contributed by atoms with Crippen molar-refractivity contribution in [2.24, 2.45) is 0 Å². The van der Waals surface area contributed by atoms with E-state index >= 15 is 0 Å². The van der Waals surface area contributed by atoms with Crippen molar-refractivity contribution >= 4 is 0 Å². The summed E-state index contributed by atoms with van der Waals surface area (Å²) in [6.45, 7) is 6.77. The van der Waals surface area contributed by atoms with Crippen LogP contribution in [0.15, 0.2) is 0 Å². The zero-order valence-corrected chi connectivity index (χ0v) is 12.0. The lowest BCUT2D eigenvalue weighted by Gasteiger charge is -2.63. The van der Waals surface area contributed by atoms with Crippen molar-refractivity contribution in [3.63, 3.8) is 0 Å². The lowest BCUT2D eigenvalue weighted by atomic mass is 9.60. The number of aliphatic hydroxyl groups is 4. The third-order valence-corrected chi connectivity index (χ3v) is 5.18. The molecule has 2 unspecified atom stereocenters. The van der Waals surface area contributed by atoms with Crippen molar-refractivity contribution in [1.29, 1.82) is 0 Å². The molecule has 1 heterocycles. The van der Waals surface area contributed by atoms with E-state index in [2.05, 4.69) is 0 Å². The molecule has 1 fully saturated rings. The van der Waals surface area contributed by atoms with Crippen LogP contribution in [-0.4, -0.2) is 62.2 Å². The van der Waals surface area contributed by atoms with Gasteiger partial charge in [0, 0.05) is 6.92 Å². The number of hydrogen-bond donors (Lipinski definition) is 5. The first-order chi connectivity index (χ1) is 7.83. The van der Waals surface area contributed by atoms with Crippen LogP contribution in [-0.2, 0) is 4.74 Å². The van der Waals surface area contributed by atoms with Crippen molar-refractivity contribution in [3.8, 4) is 0 Å². The maximum Gasteiger partial charge on any atom is 0.229 e. The van der Waals surface area contributed by atoms with E-state index in [4.69, 9.17) is 4.74 Å². The van der Waals surface area contributed by atoms with Gasteiger partial charge in [0.05, 0.1) is 13.7 Å². The molecule has 1 saturated heterocycles. The zero-order chi connectivity index (χ0) is 14.6. The fourth-order valence-electron chi connectivity index (χ4n) is 2.67. The molecule has 0 aromatic rings. The minimum Gasteiger partial charge on any atom is -0.393 e. The Morgan fingerprint density at radius 2 is 1.33 bits per heavy atom. The van der Waals surface area contributed by atoms with Crippen LogP contribution < -0.4 is 5.32 Å². The minimum absolute atomic E-state index is 0.477. The molecular formula is C12H26NO5+. The maximum absolute atomic E-state index is 10.7. The monoisotopic (exact) mass is 264 g/mol. The van der Waals surface area contributed by atoms with E-state index in [9.17, 15) is 20.4 Å². The highest BCUT2D eigenvalue weighted by Crippen LogP contribution is 2.50. The molecule has 0 amide bonds. The van der Waals surface area contributed by atoms with Gasteiger partial charge in [-0.1, -0.05) is 0 Å². The summed E-state index contributed by atoms with van der Waals surface area (Å²) in [6.07, 6.45) is 0. The van der Waals surface area contributed by atoms with Crippen LogP contribution in [0.5, 0.6) is 0 Å². The van der Waals surface area contributed by atoms with Gasteiger partial charge < -0.3 is 30.5 Å². The van der Waals surface area contributed by atoms with E-state index in [0.717, 1.165) is 0 Å². The van der Waals surface area contributed by atoms with E-state index in [0.29, 0.717) is 0 Å². The van der Waals surface area contributed by atoms with Crippen molar-refractivity contribution in [1.82, 2.24) is 0 Å². The maximum atomic E-state index is 10.7. The molecule has 6 heteroatoms. The molecule has 18 heavy (non-hydrogen) atoms. The number of ether oxygens (including phenoxy) is 1. The average Bonchev–Trinajstić information content (AvgIpc) is 2.26. The highest BCUT2D eigenvalue weighted by atomic mass is 16.6. The lowest BCUT2D eigenvalue weighted by Crippen LogP contribution is -3.05. The topological polar surface area (TPSA) is 107 Å². The van der Waals surface area contributed by atoms with Gasteiger partial charge in [0.15, 0.2) is 5.60 Å². The first kappa shape index (κ1) is 15.8. The molecule has 1 aliphatic heterocycles. The SMILES string of the molecule is C[NH2+][C@@]1(C)OC(C)(CO)[C@](C)(O)C(C)(O)[C@@]1(C)O. The van der Waals surface area contributed by atoms with E-state index in [1.165, 1.54) is 27.7 Å². The Morgan fingerprint density at radius 1 is 0.889 bits per heavy atom. The summed E-state index contributed by atoms with van der Waals surface area (Å²) in [5, 5.41) is 43.0. The molecule has 6 N–H and O–H groups in total. The van der Waals surface area contributed by atoms with Crippen LogP contribution in [0.3, 0.4) is 0 Å². The Bertz CT molecular complexity index is 311. The van der Waals surface area contributed by atoms with Crippen molar-refractivity contribution in [2.75, 3.05) is 13.7 Å². The summed E-state index contributed by atoms with van der Waals surface area (Å²) in [5.74, 6) is 0. The van der Waals surface area contributed by atoms with E-state index in [-0.39, 0.29) is 0 Å². The van der Waals surface area contributed by atoms with Crippen LogP contribution in [0.25, 0.3) is 0 Å². The van der Waals surface area contributed by atoms with E-state index in [1.807, 2.05) is 0 Å². The van der Waals surface area contributed by atoms with Gasteiger partial charge in [-0.2, -0.15) is 0 Å². The highest BCUT2D eigenvalue weighted by molar-refractivity contribution is 5.20. The molecule has 0 aromatic heterocycles. The Kier molecular flexibility index (Phi) is 3.41. The van der Waals surface area contributed by atoms with Gasteiger partial charge in [0.25, 0.3) is 0 Å². The van der Waals surface area contributed by atoms with Crippen LogP contribution >= 0.6 is 0 Å². The second-order valence-electron chi connectivity index (χ2n) is 6.10. The van der Waals surface area contributed by atoms with Crippen LogP contribution in [0.4, 0.5) is 0 Å². The van der Waals surface area contributed by atoms with Gasteiger partial charge in [-0.05, 0) is 27.7 Å². The van der Waals surface area contributed by atoms with Crippen molar-refractivity contribution in [3.05, 3.63) is 0 Å². The lowest BCUT2D eigenvalue weighted by molar-refractivity contribution is -0.782. The first-order valence-corrected chi connectivity index (χ1v) is 6.11. The molecule has 0 spiro atoms. The summed E-state index contributed by atoms with van der Waals surface area (Å²) in [7, 11) is 1.70. The molecule has 1 rings (SSSR count). The van der Waals surface area contributed by atoms with Gasteiger partial charge in [-0.15, -0.1) is 0 Å². The van der Waals surface area contributed by atoms with Crippen molar-refractivity contribution < 1.29 is 30.5 Å². The molecule has 1 aliphatic rings. The quantitative estimate of drug-likeness (QED) is 0.394. The fourth-order valence-corrected chi connectivity index (χ4v) is 2.67. The third kappa shape index (κ3) is 1.51. The highest BCUT2D eigenvalue weighted by Gasteiger charge is 2.75. The average molecular weight is 264 g/mol. The van der Waals surface area contributed by atoms with E-state index in [1.54, 1.807) is 19.3 Å². The molecule has 0 saturated carbocycles. The standard InChI is InChI=1S/C12H25NO5/c1-8(7-14)9(2,15)10(3,16)11(4,17)12(5,13-6)18-8/h13-17H,7H2,1-6H3/p+1/t8?,9-,10?,11+,12-/m0/s1. The molecule has 5 atom stereocenters. The molecule has 0 aromatic carbocycles. The first-order valence-electron chi connectivity index (χ1n) is 6.11. The van der Waals surface area contributed by atoms with Gasteiger partial charge in [0.2, 0.25) is 5.72 Å². The summed E-state index contributed by atoms with van der Waals surface area (Å²) in [5.41, 5.74) is -7.99. The van der Waals surface area contributed by atoms with Gasteiger partial charge in [-0.25, -0.2) is 0 Å². The van der Waals surface area contributed by atoms with Crippen LogP contribution in [0.2, 0.25) is 0 Å². The zero-order valence-electron chi connectivity index (χ0n) is 12.0. The largest absolute Gasteiger partial charge is 0.393 e. The summed E-state index contributed by atoms with van der Waals surface area (Å²) in [6, 6.07) is 0. The van der Waals surface area contributed by atoms with Crippen LogP contribution in [0.1, 0.15) is 34.6 Å². The van der Waals surface area contributed by atoms with Gasteiger partial charge >= 0.3 is 0 Å². The molecular weight excluding hydrogens is 238 g/mol. The smallest absolute Gasteiger partial charge is 0.229 e. The molecule has 0 aliphatic carbocycles. The third-order valence-electron chi connectivity index (χ3n) is 5.18. The fraction of sp³-hybridized carbons (Fsp3) is 1.00. The normalized spacial score (nSPS) is 57.7. The Labute approximate surface area is 108 Å². The summed E-state index contributed by atoms with van der Waals surface area (Å²) >= 11 is 0. The second kappa shape index (κ2) is 3.88. The van der Waals surface area contributed by atoms with Gasteiger partial charge in [0.1, 0.15) is 16.8 Å². The molecule has 108 valence electrons.